The number of para-hydroxylation sites is 1. The van der Waals surface area contributed by atoms with Gasteiger partial charge in [0.1, 0.15) is 16.6 Å². The number of halogens is 1. The van der Waals surface area contributed by atoms with Crippen LogP contribution in [0.4, 0.5) is 15.8 Å². The standard InChI is InChI=1S/C26H18FN3O4S2/c27-17-8-11-20(12-9-17)36(33,34)30-19-5-3-4-16(14-19)25(32)28-18-10-13-23(31)21(15-18)26-29-22-6-1-2-7-24(22)35-26/h1-15,30-31H,(H,28,32). The molecule has 5 aromatic rings. The molecule has 0 aliphatic carbocycles. The highest BCUT2D eigenvalue weighted by atomic mass is 32.2. The summed E-state index contributed by atoms with van der Waals surface area (Å²) < 4.78 is 41.7. The van der Waals surface area contributed by atoms with Crippen LogP contribution in [-0.2, 0) is 10.0 Å². The number of fused-ring (bicyclic) bond motifs is 1. The predicted molar refractivity (Wildman–Crippen MR) is 138 cm³/mol. The molecule has 1 aromatic heterocycles. The summed E-state index contributed by atoms with van der Waals surface area (Å²) in [7, 11) is -3.97. The number of benzene rings is 4. The molecule has 0 bridgehead atoms. The van der Waals surface area contributed by atoms with Crippen molar-refractivity contribution >= 4 is 48.9 Å². The number of amides is 1. The summed E-state index contributed by atoms with van der Waals surface area (Å²) >= 11 is 1.42. The van der Waals surface area contributed by atoms with Crippen LogP contribution in [-0.4, -0.2) is 24.4 Å². The summed E-state index contributed by atoms with van der Waals surface area (Å²) in [6, 6.07) is 22.7. The van der Waals surface area contributed by atoms with Crippen LogP contribution in [0.15, 0.2) is 95.9 Å². The average Bonchev–Trinajstić information content (AvgIpc) is 3.29. The lowest BCUT2D eigenvalue weighted by Gasteiger charge is -2.11. The van der Waals surface area contributed by atoms with E-state index in [0.717, 1.165) is 34.5 Å². The van der Waals surface area contributed by atoms with Crippen LogP contribution in [0.3, 0.4) is 0 Å². The van der Waals surface area contributed by atoms with Gasteiger partial charge in [-0.3, -0.25) is 9.52 Å². The molecule has 1 amide bonds. The quantitative estimate of drug-likeness (QED) is 0.244. The minimum atomic E-state index is -3.97. The van der Waals surface area contributed by atoms with Gasteiger partial charge < -0.3 is 10.4 Å². The van der Waals surface area contributed by atoms with Gasteiger partial charge in [0.05, 0.1) is 20.7 Å². The number of hydrogen-bond donors (Lipinski definition) is 3. The van der Waals surface area contributed by atoms with Gasteiger partial charge in [0.15, 0.2) is 0 Å². The Labute approximate surface area is 209 Å². The number of aromatic nitrogens is 1. The van der Waals surface area contributed by atoms with Crippen molar-refractivity contribution in [2.24, 2.45) is 0 Å². The third kappa shape index (κ3) is 4.90. The third-order valence-corrected chi connectivity index (χ3v) is 7.75. The lowest BCUT2D eigenvalue weighted by Crippen LogP contribution is -2.15. The first-order chi connectivity index (χ1) is 17.3. The first-order valence-corrected chi connectivity index (χ1v) is 13.0. The molecule has 0 radical (unpaired) electrons. The number of anilines is 2. The van der Waals surface area contributed by atoms with Crippen molar-refractivity contribution in [2.45, 2.75) is 4.90 Å². The largest absolute Gasteiger partial charge is 0.507 e. The molecule has 0 aliphatic heterocycles. The molecule has 7 nitrogen and oxygen atoms in total. The van der Waals surface area contributed by atoms with Gasteiger partial charge in [0.25, 0.3) is 15.9 Å². The van der Waals surface area contributed by atoms with E-state index in [-0.39, 0.29) is 21.9 Å². The third-order valence-electron chi connectivity index (χ3n) is 5.28. The van der Waals surface area contributed by atoms with Crippen molar-refractivity contribution in [3.05, 3.63) is 102 Å². The maximum absolute atomic E-state index is 13.1. The highest BCUT2D eigenvalue weighted by Gasteiger charge is 2.16. The van der Waals surface area contributed by atoms with Gasteiger partial charge in [-0.25, -0.2) is 17.8 Å². The van der Waals surface area contributed by atoms with Crippen molar-refractivity contribution in [2.75, 3.05) is 10.0 Å². The summed E-state index contributed by atoms with van der Waals surface area (Å²) in [5, 5.41) is 13.8. The Balaban J connectivity index is 1.36. The number of nitrogens with zero attached hydrogens (tertiary/aromatic N) is 1. The van der Waals surface area contributed by atoms with E-state index in [0.29, 0.717) is 16.3 Å². The number of carbonyl (C=O) groups excluding carboxylic acids is 1. The fourth-order valence-electron chi connectivity index (χ4n) is 3.53. The van der Waals surface area contributed by atoms with Crippen LogP contribution >= 0.6 is 11.3 Å². The Morgan fingerprint density at radius 1 is 0.889 bits per heavy atom. The van der Waals surface area contributed by atoms with Gasteiger partial charge >= 0.3 is 0 Å². The first-order valence-electron chi connectivity index (χ1n) is 10.7. The minimum absolute atomic E-state index is 0.0317. The number of thiazole rings is 1. The van der Waals surface area contributed by atoms with Crippen molar-refractivity contribution in [3.63, 3.8) is 0 Å². The molecule has 5 rings (SSSR count). The average molecular weight is 520 g/mol. The van der Waals surface area contributed by atoms with Gasteiger partial charge in [-0.15, -0.1) is 11.3 Å². The molecule has 0 saturated heterocycles. The van der Waals surface area contributed by atoms with Crippen LogP contribution in [0.5, 0.6) is 5.75 Å². The second-order valence-electron chi connectivity index (χ2n) is 7.81. The Hall–Kier alpha value is -4.28. The number of nitrogens with one attached hydrogen (secondary N) is 2. The predicted octanol–water partition coefficient (Wildman–Crippen LogP) is 5.86. The zero-order chi connectivity index (χ0) is 25.3. The number of hydrogen-bond acceptors (Lipinski definition) is 6. The zero-order valence-corrected chi connectivity index (χ0v) is 20.1. The molecule has 180 valence electrons. The second-order valence-corrected chi connectivity index (χ2v) is 10.5. The number of phenols is 1. The van der Waals surface area contributed by atoms with Crippen molar-refractivity contribution in [3.8, 4) is 16.3 Å². The Morgan fingerprint density at radius 2 is 1.67 bits per heavy atom. The molecule has 0 atom stereocenters. The number of sulfonamides is 1. The van der Waals surface area contributed by atoms with E-state index in [1.807, 2.05) is 24.3 Å². The normalized spacial score (nSPS) is 11.4. The smallest absolute Gasteiger partial charge is 0.261 e. The monoisotopic (exact) mass is 519 g/mol. The first kappa shape index (κ1) is 23.5. The molecular weight excluding hydrogens is 501 g/mol. The molecule has 1 heterocycles. The SMILES string of the molecule is O=C(Nc1ccc(O)c(-c2nc3ccccc3s2)c1)c1cccc(NS(=O)(=O)c2ccc(F)cc2)c1. The lowest BCUT2D eigenvalue weighted by atomic mass is 10.1. The van der Waals surface area contributed by atoms with Gasteiger partial charge in [0.2, 0.25) is 0 Å². The van der Waals surface area contributed by atoms with E-state index < -0.39 is 21.7 Å². The molecule has 0 spiro atoms. The molecule has 3 N–H and O–H groups in total. The molecular formula is C26H18FN3O4S2. The maximum atomic E-state index is 13.1. The second kappa shape index (κ2) is 9.40. The van der Waals surface area contributed by atoms with Crippen LogP contribution in [0.25, 0.3) is 20.8 Å². The van der Waals surface area contributed by atoms with Gasteiger partial charge in [-0.1, -0.05) is 18.2 Å². The molecule has 0 unspecified atom stereocenters. The summed E-state index contributed by atoms with van der Waals surface area (Å²) in [6.45, 7) is 0. The van der Waals surface area contributed by atoms with E-state index in [9.17, 15) is 22.7 Å². The number of carbonyl (C=O) groups is 1. The molecule has 0 aliphatic rings. The van der Waals surface area contributed by atoms with Gasteiger partial charge in [-0.05, 0) is 72.8 Å². The van der Waals surface area contributed by atoms with Gasteiger partial charge in [0, 0.05) is 16.9 Å². The van der Waals surface area contributed by atoms with E-state index in [1.165, 1.54) is 29.5 Å². The minimum Gasteiger partial charge on any atom is -0.507 e. The van der Waals surface area contributed by atoms with Crippen LogP contribution in [0, 0.1) is 5.82 Å². The van der Waals surface area contributed by atoms with Crippen molar-refractivity contribution in [1.29, 1.82) is 0 Å². The lowest BCUT2D eigenvalue weighted by molar-refractivity contribution is 0.102. The Bertz CT molecular complexity index is 1670. The summed E-state index contributed by atoms with van der Waals surface area (Å²) in [6.07, 6.45) is 0. The van der Waals surface area contributed by atoms with Crippen LogP contribution in [0.1, 0.15) is 10.4 Å². The number of aromatic hydroxyl groups is 1. The van der Waals surface area contributed by atoms with Crippen molar-refractivity contribution in [1.82, 2.24) is 4.98 Å². The Morgan fingerprint density at radius 3 is 2.44 bits per heavy atom. The summed E-state index contributed by atoms with van der Waals surface area (Å²) in [4.78, 5) is 17.4. The van der Waals surface area contributed by atoms with E-state index in [4.69, 9.17) is 0 Å². The maximum Gasteiger partial charge on any atom is 0.261 e. The fourth-order valence-corrected chi connectivity index (χ4v) is 5.57. The number of rotatable bonds is 6. The van der Waals surface area contributed by atoms with E-state index in [1.54, 1.807) is 24.3 Å². The summed E-state index contributed by atoms with van der Waals surface area (Å²) in [5.41, 5.74) is 2.11. The van der Waals surface area contributed by atoms with Gasteiger partial charge in [-0.2, -0.15) is 0 Å². The highest BCUT2D eigenvalue weighted by Crippen LogP contribution is 2.36. The summed E-state index contributed by atoms with van der Waals surface area (Å²) in [5.74, 6) is -0.990. The zero-order valence-electron chi connectivity index (χ0n) is 18.5. The molecule has 4 aromatic carbocycles. The molecule has 0 saturated carbocycles. The molecule has 10 heteroatoms. The van der Waals surface area contributed by atoms with E-state index >= 15 is 0 Å². The Kier molecular flexibility index (Phi) is 6.13. The van der Waals surface area contributed by atoms with E-state index in [2.05, 4.69) is 15.0 Å². The topological polar surface area (TPSA) is 108 Å². The van der Waals surface area contributed by atoms with Crippen molar-refractivity contribution < 1.29 is 22.7 Å². The fraction of sp³-hybridized carbons (Fsp3) is 0. The highest BCUT2D eigenvalue weighted by molar-refractivity contribution is 7.92. The molecule has 0 fully saturated rings. The molecule has 36 heavy (non-hydrogen) atoms. The number of phenolic OH excluding ortho intramolecular Hbond substituents is 1. The van der Waals surface area contributed by atoms with Crippen LogP contribution < -0.4 is 10.0 Å². The van der Waals surface area contributed by atoms with Crippen LogP contribution in [0.2, 0.25) is 0 Å².